The van der Waals surface area contributed by atoms with Gasteiger partial charge in [0.25, 0.3) is 5.91 Å². The van der Waals surface area contributed by atoms with Gasteiger partial charge in [-0.15, -0.1) is 0 Å². The van der Waals surface area contributed by atoms with E-state index in [1.165, 1.54) is 0 Å². The molecule has 2 aromatic carbocycles. The van der Waals surface area contributed by atoms with Gasteiger partial charge in [0, 0.05) is 37.3 Å². The van der Waals surface area contributed by atoms with E-state index in [4.69, 9.17) is 5.73 Å². The molecule has 0 fully saturated rings. The standard InChI is InChI=1S/C26H38N4O2/c1-7-26(29(4)5,24(31)22-14-12-21(13-15-22)19(2)27)18-20-8-10-23(11-9-20)25(32)30(6)17-16-28-3/h8-15,19,28H,7,16-18,27H2,1-6H3. The van der Waals surface area contributed by atoms with Gasteiger partial charge in [0.2, 0.25) is 0 Å². The van der Waals surface area contributed by atoms with Crippen molar-refractivity contribution in [1.82, 2.24) is 15.1 Å². The molecule has 0 aromatic heterocycles. The second kappa shape index (κ2) is 11.4. The zero-order valence-electron chi connectivity index (χ0n) is 20.3. The number of ketones is 1. The van der Waals surface area contributed by atoms with Gasteiger partial charge in [-0.05, 0) is 64.2 Å². The summed E-state index contributed by atoms with van der Waals surface area (Å²) in [4.78, 5) is 30.0. The van der Waals surface area contributed by atoms with Crippen LogP contribution < -0.4 is 11.1 Å². The number of amides is 1. The molecule has 0 saturated heterocycles. The monoisotopic (exact) mass is 438 g/mol. The van der Waals surface area contributed by atoms with Crippen LogP contribution >= 0.6 is 0 Å². The third-order valence-corrected chi connectivity index (χ3v) is 6.30. The number of likely N-dealkylation sites (N-methyl/N-ethyl adjacent to an activating group) is 3. The molecule has 32 heavy (non-hydrogen) atoms. The van der Waals surface area contributed by atoms with Gasteiger partial charge in [-0.2, -0.15) is 0 Å². The quantitative estimate of drug-likeness (QED) is 0.527. The van der Waals surface area contributed by atoms with Gasteiger partial charge in [0.1, 0.15) is 0 Å². The summed E-state index contributed by atoms with van der Waals surface area (Å²) >= 11 is 0. The van der Waals surface area contributed by atoms with Crippen LogP contribution in [0.3, 0.4) is 0 Å². The average molecular weight is 439 g/mol. The molecule has 0 aliphatic rings. The molecule has 6 nitrogen and oxygen atoms in total. The summed E-state index contributed by atoms with van der Waals surface area (Å²) < 4.78 is 0. The molecule has 174 valence electrons. The van der Waals surface area contributed by atoms with Crippen molar-refractivity contribution in [3.8, 4) is 0 Å². The minimum absolute atomic E-state index is 0.00790. The van der Waals surface area contributed by atoms with E-state index < -0.39 is 5.54 Å². The summed E-state index contributed by atoms with van der Waals surface area (Å²) in [5, 5.41) is 3.05. The average Bonchev–Trinajstić information content (AvgIpc) is 2.80. The van der Waals surface area contributed by atoms with Crippen LogP contribution in [0, 0.1) is 0 Å². The highest BCUT2D eigenvalue weighted by Gasteiger charge is 2.39. The van der Waals surface area contributed by atoms with Crippen LogP contribution in [0.15, 0.2) is 48.5 Å². The summed E-state index contributed by atoms with van der Waals surface area (Å²) in [6, 6.07) is 15.2. The smallest absolute Gasteiger partial charge is 0.253 e. The van der Waals surface area contributed by atoms with E-state index in [9.17, 15) is 9.59 Å². The van der Waals surface area contributed by atoms with Crippen LogP contribution in [0.5, 0.6) is 0 Å². The normalized spacial score (nSPS) is 14.1. The van der Waals surface area contributed by atoms with E-state index in [0.29, 0.717) is 30.5 Å². The highest BCUT2D eigenvalue weighted by atomic mass is 16.2. The molecule has 2 rings (SSSR count). The van der Waals surface area contributed by atoms with E-state index in [-0.39, 0.29) is 17.7 Å². The lowest BCUT2D eigenvalue weighted by Crippen LogP contribution is -2.52. The van der Waals surface area contributed by atoms with Crippen molar-refractivity contribution in [1.29, 1.82) is 0 Å². The fraction of sp³-hybridized carbons (Fsp3) is 0.462. The molecule has 3 N–H and O–H groups in total. The molecular formula is C26H38N4O2. The van der Waals surface area contributed by atoms with Gasteiger partial charge in [-0.3, -0.25) is 14.5 Å². The number of hydrogen-bond acceptors (Lipinski definition) is 5. The number of carbonyl (C=O) groups excluding carboxylic acids is 2. The molecule has 0 saturated carbocycles. The molecule has 0 heterocycles. The lowest BCUT2D eigenvalue weighted by Gasteiger charge is -2.38. The number of hydrogen-bond donors (Lipinski definition) is 2. The molecule has 0 aliphatic carbocycles. The van der Waals surface area contributed by atoms with Crippen LogP contribution in [-0.2, 0) is 6.42 Å². The van der Waals surface area contributed by atoms with E-state index >= 15 is 0 Å². The number of nitrogens with two attached hydrogens (primary N) is 1. The first kappa shape index (κ1) is 25.7. The van der Waals surface area contributed by atoms with Gasteiger partial charge in [0.05, 0.1) is 5.54 Å². The van der Waals surface area contributed by atoms with Gasteiger partial charge in [-0.1, -0.05) is 43.3 Å². The molecule has 0 spiro atoms. The van der Waals surface area contributed by atoms with Crippen molar-refractivity contribution in [3.63, 3.8) is 0 Å². The number of rotatable bonds is 11. The molecule has 6 heteroatoms. The van der Waals surface area contributed by atoms with E-state index in [2.05, 4.69) is 5.32 Å². The zero-order chi connectivity index (χ0) is 23.9. The Bertz CT molecular complexity index is 891. The minimum atomic E-state index is -0.676. The number of Topliss-reactive ketones (excluding diaryl/α,β-unsaturated/α-hetero) is 1. The first-order valence-corrected chi connectivity index (χ1v) is 11.2. The predicted molar refractivity (Wildman–Crippen MR) is 131 cm³/mol. The lowest BCUT2D eigenvalue weighted by molar-refractivity contribution is 0.0666. The maximum atomic E-state index is 13.7. The molecule has 0 radical (unpaired) electrons. The molecule has 2 unspecified atom stereocenters. The topological polar surface area (TPSA) is 78.7 Å². The van der Waals surface area contributed by atoms with Crippen molar-refractivity contribution in [3.05, 3.63) is 70.8 Å². The largest absolute Gasteiger partial charge is 0.340 e. The number of carbonyl (C=O) groups is 2. The van der Waals surface area contributed by atoms with E-state index in [1.807, 2.05) is 88.4 Å². The Morgan fingerprint density at radius 2 is 1.56 bits per heavy atom. The van der Waals surface area contributed by atoms with Gasteiger partial charge < -0.3 is 16.0 Å². The van der Waals surface area contributed by atoms with E-state index in [1.54, 1.807) is 11.9 Å². The third-order valence-electron chi connectivity index (χ3n) is 6.30. The van der Waals surface area contributed by atoms with Crippen molar-refractivity contribution in [2.45, 2.75) is 38.3 Å². The maximum absolute atomic E-state index is 13.7. The Kier molecular flexibility index (Phi) is 9.13. The second-order valence-electron chi connectivity index (χ2n) is 8.72. The molecule has 0 bridgehead atoms. The van der Waals surface area contributed by atoms with E-state index in [0.717, 1.165) is 17.7 Å². The van der Waals surface area contributed by atoms with Gasteiger partial charge in [-0.25, -0.2) is 0 Å². The third kappa shape index (κ3) is 5.82. The lowest BCUT2D eigenvalue weighted by atomic mass is 9.80. The number of benzene rings is 2. The Morgan fingerprint density at radius 1 is 1.00 bits per heavy atom. The summed E-state index contributed by atoms with van der Waals surface area (Å²) in [6.07, 6.45) is 1.23. The highest BCUT2D eigenvalue weighted by Crippen LogP contribution is 2.28. The molecule has 0 aliphatic heterocycles. The van der Waals surface area contributed by atoms with Crippen LogP contribution in [0.2, 0.25) is 0 Å². The SMILES string of the molecule is CCC(Cc1ccc(C(=O)N(C)CCNC)cc1)(C(=O)c1ccc(C(C)N)cc1)N(C)C. The Hall–Kier alpha value is -2.54. The van der Waals surface area contributed by atoms with Crippen LogP contribution in [0.25, 0.3) is 0 Å². The molecule has 2 aromatic rings. The summed E-state index contributed by atoms with van der Waals surface area (Å²) in [7, 11) is 7.57. The maximum Gasteiger partial charge on any atom is 0.253 e. The fourth-order valence-corrected chi connectivity index (χ4v) is 3.95. The van der Waals surface area contributed by atoms with Crippen molar-refractivity contribution in [2.75, 3.05) is 41.3 Å². The number of nitrogens with one attached hydrogen (secondary N) is 1. The Morgan fingerprint density at radius 3 is 2.03 bits per heavy atom. The molecular weight excluding hydrogens is 400 g/mol. The highest BCUT2D eigenvalue weighted by molar-refractivity contribution is 6.03. The van der Waals surface area contributed by atoms with Crippen LogP contribution in [-0.4, -0.2) is 68.3 Å². The van der Waals surface area contributed by atoms with Crippen LogP contribution in [0.4, 0.5) is 0 Å². The predicted octanol–water partition coefficient (Wildman–Crippen LogP) is 3.13. The van der Waals surface area contributed by atoms with Gasteiger partial charge >= 0.3 is 0 Å². The molecule has 1 amide bonds. The Balaban J connectivity index is 2.26. The first-order valence-electron chi connectivity index (χ1n) is 11.2. The number of nitrogens with zero attached hydrogens (tertiary/aromatic N) is 2. The molecule has 2 atom stereocenters. The first-order chi connectivity index (χ1) is 15.2. The van der Waals surface area contributed by atoms with Crippen LogP contribution in [0.1, 0.15) is 58.2 Å². The van der Waals surface area contributed by atoms with Crippen molar-refractivity contribution >= 4 is 11.7 Å². The van der Waals surface area contributed by atoms with Crippen molar-refractivity contribution < 1.29 is 9.59 Å². The summed E-state index contributed by atoms with van der Waals surface area (Å²) in [6.45, 7) is 5.37. The Labute approximate surface area is 192 Å². The van der Waals surface area contributed by atoms with Crippen molar-refractivity contribution in [2.24, 2.45) is 5.73 Å². The fourth-order valence-electron chi connectivity index (χ4n) is 3.95. The second-order valence-corrected chi connectivity index (χ2v) is 8.72. The van der Waals surface area contributed by atoms with Gasteiger partial charge in [0.15, 0.2) is 5.78 Å². The summed E-state index contributed by atoms with van der Waals surface area (Å²) in [5.74, 6) is 0.0830. The zero-order valence-corrected chi connectivity index (χ0v) is 20.3. The minimum Gasteiger partial charge on any atom is -0.340 e. The summed E-state index contributed by atoms with van der Waals surface area (Å²) in [5.41, 5.74) is 8.64.